The summed E-state index contributed by atoms with van der Waals surface area (Å²) in [6.07, 6.45) is 0. The number of aromatic nitrogens is 4. The average molecular weight is 259 g/mol. The number of nitrogens with zero attached hydrogens (tertiary/aromatic N) is 4. The number of carbonyl (C=O) groups is 1. The van der Waals surface area contributed by atoms with Gasteiger partial charge >= 0.3 is 5.97 Å². The van der Waals surface area contributed by atoms with E-state index in [0.717, 1.165) is 0 Å². The molecule has 1 unspecified atom stereocenters. The zero-order valence-electron chi connectivity index (χ0n) is 10.3. The van der Waals surface area contributed by atoms with Crippen LogP contribution in [0.1, 0.15) is 20.8 Å². The average Bonchev–Trinajstić information content (AvgIpc) is 2.60. The predicted octanol–water partition coefficient (Wildman–Crippen LogP) is 0.143. The van der Waals surface area contributed by atoms with E-state index in [1.54, 1.807) is 14.0 Å². The summed E-state index contributed by atoms with van der Waals surface area (Å²) in [5.74, 6) is -0.525. The summed E-state index contributed by atoms with van der Waals surface area (Å²) in [5, 5.41) is 23.9. The zero-order valence-corrected chi connectivity index (χ0v) is 11.2. The van der Waals surface area contributed by atoms with Gasteiger partial charge in [0.15, 0.2) is 0 Å². The lowest BCUT2D eigenvalue weighted by Crippen LogP contribution is -2.54. The number of aliphatic carboxylic acids is 1. The van der Waals surface area contributed by atoms with E-state index in [0.29, 0.717) is 10.9 Å². The van der Waals surface area contributed by atoms with Crippen molar-refractivity contribution in [3.63, 3.8) is 0 Å². The van der Waals surface area contributed by atoms with E-state index < -0.39 is 11.5 Å². The second-order valence-electron chi connectivity index (χ2n) is 4.31. The summed E-state index contributed by atoms with van der Waals surface area (Å²) >= 11 is 1.31. The summed E-state index contributed by atoms with van der Waals surface area (Å²) in [6, 6.07) is 0.0920. The number of carboxylic acid groups (broad SMARTS) is 1. The molecule has 1 aromatic heterocycles. The molecular weight excluding hydrogens is 242 g/mol. The second-order valence-corrected chi connectivity index (χ2v) is 5.25. The molecule has 0 aromatic carbocycles. The fraction of sp³-hybridized carbons (Fsp3) is 0.778. The van der Waals surface area contributed by atoms with Crippen LogP contribution in [0, 0.1) is 0 Å². The highest BCUT2D eigenvalue weighted by molar-refractivity contribution is 7.99. The maximum Gasteiger partial charge on any atom is 0.324 e. The van der Waals surface area contributed by atoms with Crippen molar-refractivity contribution in [1.29, 1.82) is 0 Å². The van der Waals surface area contributed by atoms with Gasteiger partial charge in [0.05, 0.1) is 0 Å². The van der Waals surface area contributed by atoms with Crippen LogP contribution in [0.15, 0.2) is 5.16 Å². The van der Waals surface area contributed by atoms with Crippen LogP contribution in [0.4, 0.5) is 0 Å². The molecule has 0 bridgehead atoms. The zero-order chi connectivity index (χ0) is 13.1. The van der Waals surface area contributed by atoms with Gasteiger partial charge in [0.1, 0.15) is 5.54 Å². The number of aryl methyl sites for hydroxylation is 1. The highest BCUT2D eigenvalue weighted by Crippen LogP contribution is 2.20. The van der Waals surface area contributed by atoms with Crippen molar-refractivity contribution in [2.45, 2.75) is 37.5 Å². The standard InChI is InChI=1S/C9H17N5O2S/c1-6(2)10-9(3,7(15)16)5-17-8-11-12-13-14(8)4/h6,10H,5H2,1-4H3,(H,15,16). The number of carboxylic acids is 1. The molecule has 1 aromatic rings. The summed E-state index contributed by atoms with van der Waals surface area (Å²) in [7, 11) is 1.72. The number of tetrazole rings is 1. The second kappa shape index (κ2) is 5.46. The van der Waals surface area contributed by atoms with E-state index in [1.807, 2.05) is 13.8 Å². The first kappa shape index (κ1) is 13.9. The maximum absolute atomic E-state index is 11.3. The van der Waals surface area contributed by atoms with Gasteiger partial charge in [0.2, 0.25) is 5.16 Å². The molecule has 0 aliphatic rings. The Bertz CT molecular complexity index is 394. The van der Waals surface area contributed by atoms with Crippen molar-refractivity contribution >= 4 is 17.7 Å². The van der Waals surface area contributed by atoms with Crippen molar-refractivity contribution in [1.82, 2.24) is 25.5 Å². The van der Waals surface area contributed by atoms with Gasteiger partial charge in [-0.3, -0.25) is 10.1 Å². The smallest absolute Gasteiger partial charge is 0.324 e. The van der Waals surface area contributed by atoms with Gasteiger partial charge in [-0.05, 0) is 31.2 Å². The first-order valence-electron chi connectivity index (χ1n) is 5.21. The fourth-order valence-electron chi connectivity index (χ4n) is 1.35. The molecule has 2 N–H and O–H groups in total. The number of rotatable bonds is 6. The highest BCUT2D eigenvalue weighted by atomic mass is 32.2. The highest BCUT2D eigenvalue weighted by Gasteiger charge is 2.34. The SMILES string of the molecule is CC(C)NC(C)(CSc1nnnn1C)C(=O)O. The topological polar surface area (TPSA) is 92.9 Å². The predicted molar refractivity (Wildman–Crippen MR) is 63.8 cm³/mol. The van der Waals surface area contributed by atoms with Crippen molar-refractivity contribution < 1.29 is 9.90 Å². The first-order chi connectivity index (χ1) is 7.85. The van der Waals surface area contributed by atoms with Gasteiger partial charge in [0.25, 0.3) is 0 Å². The Kier molecular flexibility index (Phi) is 4.47. The minimum Gasteiger partial charge on any atom is -0.480 e. The Morgan fingerprint density at radius 3 is 2.71 bits per heavy atom. The lowest BCUT2D eigenvalue weighted by molar-refractivity contribution is -0.143. The number of thioether (sulfide) groups is 1. The molecule has 8 heteroatoms. The molecule has 0 saturated heterocycles. The largest absolute Gasteiger partial charge is 0.480 e. The molecule has 0 amide bonds. The van der Waals surface area contributed by atoms with E-state index in [1.165, 1.54) is 16.4 Å². The fourth-order valence-corrected chi connectivity index (χ4v) is 2.30. The third kappa shape index (κ3) is 3.67. The third-order valence-electron chi connectivity index (χ3n) is 2.15. The third-order valence-corrected chi connectivity index (χ3v) is 3.48. The van der Waals surface area contributed by atoms with E-state index >= 15 is 0 Å². The van der Waals surface area contributed by atoms with E-state index in [9.17, 15) is 9.90 Å². The molecule has 0 fully saturated rings. The summed E-state index contributed by atoms with van der Waals surface area (Å²) < 4.78 is 1.52. The monoisotopic (exact) mass is 259 g/mol. The van der Waals surface area contributed by atoms with Gasteiger partial charge in [-0.2, -0.15) is 0 Å². The number of hydrogen-bond donors (Lipinski definition) is 2. The van der Waals surface area contributed by atoms with Crippen LogP contribution in [0.3, 0.4) is 0 Å². The van der Waals surface area contributed by atoms with Crippen LogP contribution >= 0.6 is 11.8 Å². The summed E-state index contributed by atoms with van der Waals surface area (Å²) in [6.45, 7) is 5.48. The molecule has 0 radical (unpaired) electrons. The van der Waals surface area contributed by atoms with Crippen LogP contribution < -0.4 is 5.32 Å². The molecule has 0 aliphatic carbocycles. The van der Waals surface area contributed by atoms with Crippen molar-refractivity contribution in [2.24, 2.45) is 7.05 Å². The number of hydrogen-bond acceptors (Lipinski definition) is 6. The first-order valence-corrected chi connectivity index (χ1v) is 6.20. The quantitative estimate of drug-likeness (QED) is 0.702. The lowest BCUT2D eigenvalue weighted by atomic mass is 10.1. The Morgan fingerprint density at radius 1 is 1.65 bits per heavy atom. The van der Waals surface area contributed by atoms with Gasteiger partial charge in [0, 0.05) is 18.8 Å². The number of nitrogens with one attached hydrogen (secondary N) is 1. The van der Waals surface area contributed by atoms with E-state index in [-0.39, 0.29) is 6.04 Å². The lowest BCUT2D eigenvalue weighted by Gasteiger charge is -2.27. The van der Waals surface area contributed by atoms with Gasteiger partial charge in [-0.15, -0.1) is 5.10 Å². The molecule has 7 nitrogen and oxygen atoms in total. The van der Waals surface area contributed by atoms with Crippen LogP contribution in [0.25, 0.3) is 0 Å². The summed E-state index contributed by atoms with van der Waals surface area (Å²) in [4.78, 5) is 11.3. The van der Waals surface area contributed by atoms with Crippen molar-refractivity contribution in [2.75, 3.05) is 5.75 Å². The van der Waals surface area contributed by atoms with Gasteiger partial charge in [-0.1, -0.05) is 11.8 Å². The molecule has 0 saturated carbocycles. The molecule has 1 heterocycles. The molecule has 96 valence electrons. The molecule has 0 spiro atoms. The molecule has 1 atom stereocenters. The Morgan fingerprint density at radius 2 is 2.29 bits per heavy atom. The van der Waals surface area contributed by atoms with Gasteiger partial charge < -0.3 is 5.11 Å². The Labute approximate surface area is 104 Å². The summed E-state index contributed by atoms with van der Waals surface area (Å²) in [5.41, 5.74) is -0.995. The Balaban J connectivity index is 2.68. The maximum atomic E-state index is 11.3. The van der Waals surface area contributed by atoms with Gasteiger partial charge in [-0.25, -0.2) is 4.68 Å². The van der Waals surface area contributed by atoms with E-state index in [4.69, 9.17) is 0 Å². The van der Waals surface area contributed by atoms with Crippen LogP contribution in [-0.2, 0) is 11.8 Å². The minimum atomic E-state index is -0.995. The normalized spacial score (nSPS) is 14.9. The molecular formula is C9H17N5O2S. The minimum absolute atomic E-state index is 0.0920. The Hall–Kier alpha value is -1.15. The van der Waals surface area contributed by atoms with Crippen LogP contribution in [0.5, 0.6) is 0 Å². The van der Waals surface area contributed by atoms with Crippen molar-refractivity contribution in [3.05, 3.63) is 0 Å². The van der Waals surface area contributed by atoms with E-state index in [2.05, 4.69) is 20.8 Å². The molecule has 1 rings (SSSR count). The molecule has 0 aliphatic heterocycles. The van der Waals surface area contributed by atoms with Crippen LogP contribution in [-0.4, -0.2) is 48.6 Å². The van der Waals surface area contributed by atoms with Crippen LogP contribution in [0.2, 0.25) is 0 Å². The molecule has 17 heavy (non-hydrogen) atoms. The van der Waals surface area contributed by atoms with Crippen molar-refractivity contribution in [3.8, 4) is 0 Å².